The third-order valence-electron chi connectivity index (χ3n) is 3.06. The number of nitrogens with one attached hydrogen (secondary N) is 1. The number of aliphatic hydroxyl groups is 1. The summed E-state index contributed by atoms with van der Waals surface area (Å²) in [5.74, 6) is 0.815. The first kappa shape index (κ1) is 15.7. The summed E-state index contributed by atoms with van der Waals surface area (Å²) >= 11 is 1.65. The number of aliphatic hydroxyl groups excluding tert-OH is 1. The summed E-state index contributed by atoms with van der Waals surface area (Å²) in [6.45, 7) is 2.47. The van der Waals surface area contributed by atoms with Crippen LogP contribution in [0.2, 0.25) is 0 Å². The molecule has 112 valence electrons. The number of carbonyl (C=O) groups is 1. The van der Waals surface area contributed by atoms with Gasteiger partial charge in [0, 0.05) is 17.0 Å². The zero-order valence-corrected chi connectivity index (χ0v) is 12.7. The van der Waals surface area contributed by atoms with E-state index < -0.39 is 6.10 Å². The fraction of sp³-hybridized carbons (Fsp3) is 0.312. The van der Waals surface area contributed by atoms with E-state index in [4.69, 9.17) is 4.42 Å². The number of benzene rings is 1. The van der Waals surface area contributed by atoms with Crippen LogP contribution >= 0.6 is 11.8 Å². The van der Waals surface area contributed by atoms with E-state index in [9.17, 15) is 9.90 Å². The average molecular weight is 305 g/mol. The van der Waals surface area contributed by atoms with E-state index in [2.05, 4.69) is 12.2 Å². The molecule has 2 aromatic rings. The first-order valence-electron chi connectivity index (χ1n) is 6.92. The third-order valence-corrected chi connectivity index (χ3v) is 4.02. The number of rotatable bonds is 7. The SMILES string of the molecule is CCSc1ccccc1C(=O)NCCC(O)c1ccoc1. The van der Waals surface area contributed by atoms with E-state index in [1.165, 1.54) is 12.5 Å². The van der Waals surface area contributed by atoms with Gasteiger partial charge in [-0.25, -0.2) is 0 Å². The molecule has 0 fully saturated rings. The molecule has 4 nitrogen and oxygen atoms in total. The van der Waals surface area contributed by atoms with Crippen LogP contribution in [0.25, 0.3) is 0 Å². The summed E-state index contributed by atoms with van der Waals surface area (Å²) in [4.78, 5) is 13.2. The van der Waals surface area contributed by atoms with Crippen LogP contribution in [0.1, 0.15) is 35.4 Å². The number of amides is 1. The highest BCUT2D eigenvalue weighted by atomic mass is 32.2. The van der Waals surface area contributed by atoms with Gasteiger partial charge in [-0.3, -0.25) is 4.79 Å². The van der Waals surface area contributed by atoms with Crippen molar-refractivity contribution in [3.8, 4) is 0 Å². The Labute approximate surface area is 128 Å². The van der Waals surface area contributed by atoms with Gasteiger partial charge in [0.05, 0.1) is 24.2 Å². The minimum Gasteiger partial charge on any atom is -0.472 e. The van der Waals surface area contributed by atoms with Crippen LogP contribution in [-0.2, 0) is 0 Å². The summed E-state index contributed by atoms with van der Waals surface area (Å²) in [7, 11) is 0. The molecule has 0 aliphatic carbocycles. The number of hydrogen-bond donors (Lipinski definition) is 2. The maximum absolute atomic E-state index is 12.2. The van der Waals surface area contributed by atoms with Crippen LogP contribution in [0.15, 0.2) is 52.2 Å². The smallest absolute Gasteiger partial charge is 0.252 e. The van der Waals surface area contributed by atoms with Crippen molar-refractivity contribution in [1.82, 2.24) is 5.32 Å². The molecule has 0 bridgehead atoms. The normalized spacial score (nSPS) is 12.1. The molecular weight excluding hydrogens is 286 g/mol. The Morgan fingerprint density at radius 3 is 2.90 bits per heavy atom. The second-order valence-electron chi connectivity index (χ2n) is 4.55. The van der Waals surface area contributed by atoms with Gasteiger partial charge in [0.2, 0.25) is 0 Å². The molecule has 0 spiro atoms. The van der Waals surface area contributed by atoms with Crippen molar-refractivity contribution in [2.75, 3.05) is 12.3 Å². The molecule has 1 amide bonds. The lowest BCUT2D eigenvalue weighted by molar-refractivity contribution is 0.0939. The minimum absolute atomic E-state index is 0.106. The molecule has 2 rings (SSSR count). The summed E-state index contributed by atoms with van der Waals surface area (Å²) in [5.41, 5.74) is 1.41. The van der Waals surface area contributed by atoms with E-state index in [1.807, 2.05) is 24.3 Å². The van der Waals surface area contributed by atoms with Gasteiger partial charge in [-0.2, -0.15) is 0 Å². The molecule has 21 heavy (non-hydrogen) atoms. The zero-order valence-electron chi connectivity index (χ0n) is 11.9. The second-order valence-corrected chi connectivity index (χ2v) is 5.85. The zero-order chi connectivity index (χ0) is 15.1. The maximum Gasteiger partial charge on any atom is 0.252 e. The second kappa shape index (κ2) is 7.90. The Morgan fingerprint density at radius 1 is 1.38 bits per heavy atom. The van der Waals surface area contributed by atoms with Gasteiger partial charge < -0.3 is 14.8 Å². The molecule has 5 heteroatoms. The lowest BCUT2D eigenvalue weighted by Gasteiger charge is -2.11. The lowest BCUT2D eigenvalue weighted by atomic mass is 10.1. The van der Waals surface area contributed by atoms with Crippen molar-refractivity contribution in [2.45, 2.75) is 24.3 Å². The van der Waals surface area contributed by atoms with Gasteiger partial charge in [0.1, 0.15) is 0 Å². The minimum atomic E-state index is -0.621. The molecule has 1 atom stereocenters. The van der Waals surface area contributed by atoms with E-state index in [0.717, 1.165) is 16.2 Å². The quantitative estimate of drug-likeness (QED) is 0.771. The molecule has 1 unspecified atom stereocenters. The van der Waals surface area contributed by atoms with Crippen LogP contribution in [0.3, 0.4) is 0 Å². The lowest BCUT2D eigenvalue weighted by Crippen LogP contribution is -2.26. The third kappa shape index (κ3) is 4.37. The van der Waals surface area contributed by atoms with Gasteiger partial charge in [0.25, 0.3) is 5.91 Å². The first-order chi connectivity index (χ1) is 10.2. The fourth-order valence-electron chi connectivity index (χ4n) is 1.98. The molecule has 0 aliphatic rings. The molecule has 1 aromatic carbocycles. The van der Waals surface area contributed by atoms with Gasteiger partial charge in [-0.15, -0.1) is 11.8 Å². The topological polar surface area (TPSA) is 62.5 Å². The van der Waals surface area contributed by atoms with Crippen LogP contribution in [0, 0.1) is 0 Å². The Hall–Kier alpha value is -1.72. The predicted molar refractivity (Wildman–Crippen MR) is 83.5 cm³/mol. The van der Waals surface area contributed by atoms with Gasteiger partial charge in [0.15, 0.2) is 0 Å². The molecule has 0 saturated carbocycles. The number of thioether (sulfide) groups is 1. The fourth-order valence-corrected chi connectivity index (χ4v) is 2.79. The number of furan rings is 1. The molecule has 1 aromatic heterocycles. The van der Waals surface area contributed by atoms with Crippen molar-refractivity contribution >= 4 is 17.7 Å². The van der Waals surface area contributed by atoms with Crippen molar-refractivity contribution in [3.05, 3.63) is 54.0 Å². The van der Waals surface area contributed by atoms with Crippen molar-refractivity contribution in [1.29, 1.82) is 0 Å². The Bertz CT molecular complexity index is 569. The van der Waals surface area contributed by atoms with Gasteiger partial charge in [-0.1, -0.05) is 19.1 Å². The molecule has 2 N–H and O–H groups in total. The van der Waals surface area contributed by atoms with Crippen molar-refractivity contribution < 1.29 is 14.3 Å². The molecular formula is C16H19NO3S. The highest BCUT2D eigenvalue weighted by Gasteiger charge is 2.12. The van der Waals surface area contributed by atoms with Crippen LogP contribution in [0.4, 0.5) is 0 Å². The van der Waals surface area contributed by atoms with Crippen LogP contribution < -0.4 is 5.32 Å². The standard InChI is InChI=1S/C16H19NO3S/c1-2-21-15-6-4-3-5-13(15)16(19)17-9-7-14(18)12-8-10-20-11-12/h3-6,8,10-11,14,18H,2,7,9H2,1H3,(H,17,19). The molecule has 0 radical (unpaired) electrons. The molecule has 0 aliphatic heterocycles. The van der Waals surface area contributed by atoms with Crippen molar-refractivity contribution in [2.24, 2.45) is 0 Å². The summed E-state index contributed by atoms with van der Waals surface area (Å²) in [6.07, 6.45) is 2.87. The molecule has 1 heterocycles. The number of hydrogen-bond acceptors (Lipinski definition) is 4. The van der Waals surface area contributed by atoms with Gasteiger partial charge >= 0.3 is 0 Å². The Morgan fingerprint density at radius 2 is 2.19 bits per heavy atom. The van der Waals surface area contributed by atoms with Crippen LogP contribution in [-0.4, -0.2) is 23.3 Å². The predicted octanol–water partition coefficient (Wildman–Crippen LogP) is 3.25. The largest absolute Gasteiger partial charge is 0.472 e. The Kier molecular flexibility index (Phi) is 5.90. The summed E-state index contributed by atoms with van der Waals surface area (Å²) in [5, 5.41) is 12.8. The highest BCUT2D eigenvalue weighted by Crippen LogP contribution is 2.22. The number of carbonyl (C=O) groups excluding carboxylic acids is 1. The Balaban J connectivity index is 1.87. The maximum atomic E-state index is 12.2. The van der Waals surface area contributed by atoms with Gasteiger partial charge in [-0.05, 0) is 30.4 Å². The van der Waals surface area contributed by atoms with Crippen molar-refractivity contribution in [3.63, 3.8) is 0 Å². The summed E-state index contributed by atoms with van der Waals surface area (Å²) in [6, 6.07) is 9.27. The van der Waals surface area contributed by atoms with E-state index in [0.29, 0.717) is 18.5 Å². The van der Waals surface area contributed by atoms with E-state index >= 15 is 0 Å². The molecule has 0 saturated heterocycles. The first-order valence-corrected chi connectivity index (χ1v) is 7.91. The van der Waals surface area contributed by atoms with E-state index in [1.54, 1.807) is 17.8 Å². The van der Waals surface area contributed by atoms with E-state index in [-0.39, 0.29) is 5.91 Å². The highest BCUT2D eigenvalue weighted by molar-refractivity contribution is 7.99. The van der Waals surface area contributed by atoms with Crippen LogP contribution in [0.5, 0.6) is 0 Å². The average Bonchev–Trinajstić information content (AvgIpc) is 3.02. The monoisotopic (exact) mass is 305 g/mol. The summed E-state index contributed by atoms with van der Waals surface area (Å²) < 4.78 is 4.92.